The van der Waals surface area contributed by atoms with Crippen molar-refractivity contribution in [3.8, 4) is 0 Å². The second-order valence-electron chi connectivity index (χ2n) is 8.53. The van der Waals surface area contributed by atoms with Crippen molar-refractivity contribution in [2.45, 2.75) is 39.1 Å². The van der Waals surface area contributed by atoms with E-state index in [1.807, 2.05) is 18.3 Å². The number of nitrogens with one attached hydrogen (secondary N) is 1. The van der Waals surface area contributed by atoms with Crippen LogP contribution in [0.15, 0.2) is 68.8 Å². The van der Waals surface area contributed by atoms with Gasteiger partial charge in [-0.25, -0.2) is 18.4 Å². The molecule has 0 aliphatic rings. The average molecular weight is 602 g/mol. The molecular weight excluding hydrogens is 579 g/mol. The number of rotatable bonds is 11. The van der Waals surface area contributed by atoms with Crippen LogP contribution < -0.4 is 0 Å². The van der Waals surface area contributed by atoms with Gasteiger partial charge in [0, 0.05) is 34.9 Å². The van der Waals surface area contributed by atoms with Crippen molar-refractivity contribution in [2.75, 3.05) is 17.8 Å². The Morgan fingerprint density at radius 1 is 1.08 bits per heavy atom. The highest BCUT2D eigenvalue weighted by molar-refractivity contribution is 8.00. The second-order valence-corrected chi connectivity index (χ2v) is 13.8. The third-order valence-electron chi connectivity index (χ3n) is 5.77. The number of aromatic nitrogens is 6. The van der Waals surface area contributed by atoms with E-state index in [4.69, 9.17) is 0 Å². The molecule has 5 rings (SSSR count). The minimum Gasteiger partial charge on any atom is -0.358 e. The van der Waals surface area contributed by atoms with Crippen molar-refractivity contribution < 1.29 is 13.3 Å². The fraction of sp³-hybridized carbons (Fsp3) is 0.250. The molecule has 0 saturated carbocycles. The first-order valence-electron chi connectivity index (χ1n) is 11.7. The number of imidazole rings is 2. The Morgan fingerprint density at radius 2 is 1.90 bits per heavy atom. The van der Waals surface area contributed by atoms with E-state index in [1.54, 1.807) is 47.8 Å². The standard InChI is InChI=1S/C24H23N7O4S4/c1-15-19(14-38-24-27-17-5-4-16(39(2,34)35)12-18(17)28-24)25-9-8-20(15)36-10-3-11-37-22-7-6-21-26-13-23(31(32)33)30(21)29-22/h4-9,12-13H,3,10-11,14H2,1-2H3,(H,27,28). The number of sulfone groups is 1. The highest BCUT2D eigenvalue weighted by atomic mass is 32.2. The predicted molar refractivity (Wildman–Crippen MR) is 153 cm³/mol. The number of aromatic amines is 1. The normalized spacial score (nSPS) is 11.9. The molecule has 0 radical (unpaired) electrons. The number of fused-ring (bicyclic) bond motifs is 2. The molecule has 1 N–H and O–H groups in total. The summed E-state index contributed by atoms with van der Waals surface area (Å²) in [4.78, 5) is 28.4. The quantitative estimate of drug-likeness (QED) is 0.0922. The predicted octanol–water partition coefficient (Wildman–Crippen LogP) is 5.19. The molecule has 202 valence electrons. The van der Waals surface area contributed by atoms with E-state index in [-0.39, 0.29) is 10.7 Å². The summed E-state index contributed by atoms with van der Waals surface area (Å²) in [6.07, 6.45) is 5.14. The number of thioether (sulfide) groups is 3. The van der Waals surface area contributed by atoms with Gasteiger partial charge >= 0.3 is 5.82 Å². The van der Waals surface area contributed by atoms with Crippen LogP contribution in [0.2, 0.25) is 0 Å². The topological polar surface area (TPSA) is 149 Å². The van der Waals surface area contributed by atoms with Crippen LogP contribution in [0.3, 0.4) is 0 Å². The van der Waals surface area contributed by atoms with Gasteiger partial charge in [0.1, 0.15) is 11.2 Å². The number of hydrogen-bond acceptors (Lipinski definition) is 11. The number of nitrogens with zero attached hydrogens (tertiary/aromatic N) is 6. The Labute approximate surface area is 236 Å². The Hall–Kier alpha value is -3.14. The van der Waals surface area contributed by atoms with Gasteiger partial charge in [0.25, 0.3) is 0 Å². The lowest BCUT2D eigenvalue weighted by Gasteiger charge is -2.09. The molecular formula is C24H23N7O4S4. The number of pyridine rings is 1. The maximum Gasteiger partial charge on any atom is 0.368 e. The summed E-state index contributed by atoms with van der Waals surface area (Å²) in [5.74, 6) is 2.22. The van der Waals surface area contributed by atoms with Crippen molar-refractivity contribution in [1.82, 2.24) is 29.5 Å². The number of benzene rings is 1. The maximum atomic E-state index is 11.8. The monoisotopic (exact) mass is 601 g/mol. The van der Waals surface area contributed by atoms with Crippen LogP contribution in [-0.2, 0) is 15.6 Å². The van der Waals surface area contributed by atoms with Gasteiger partial charge in [-0.2, -0.15) is 0 Å². The Bertz CT molecular complexity index is 1790. The minimum absolute atomic E-state index is 0.147. The average Bonchev–Trinajstić information content (AvgIpc) is 3.51. The van der Waals surface area contributed by atoms with E-state index < -0.39 is 14.8 Å². The first kappa shape index (κ1) is 27.4. The van der Waals surface area contributed by atoms with Gasteiger partial charge in [-0.05, 0) is 59.9 Å². The van der Waals surface area contributed by atoms with Crippen molar-refractivity contribution >= 4 is 67.6 Å². The SMILES string of the molecule is Cc1c(SCCCSc2ccc3ncc([N+](=O)[O-])n3n2)ccnc1CSc1nc2cc(S(C)(=O)=O)ccc2[nH]1. The summed E-state index contributed by atoms with van der Waals surface area (Å²) in [6, 6.07) is 10.5. The van der Waals surface area contributed by atoms with Gasteiger partial charge in [0.15, 0.2) is 15.0 Å². The van der Waals surface area contributed by atoms with E-state index in [0.29, 0.717) is 27.1 Å². The molecule has 11 nitrogen and oxygen atoms in total. The molecule has 0 aliphatic heterocycles. The lowest BCUT2D eigenvalue weighted by atomic mass is 10.2. The molecule has 0 bridgehead atoms. The molecule has 39 heavy (non-hydrogen) atoms. The number of H-pyrrole nitrogens is 1. The summed E-state index contributed by atoms with van der Waals surface area (Å²) >= 11 is 4.85. The zero-order chi connectivity index (χ0) is 27.6. The molecule has 0 saturated heterocycles. The first-order chi connectivity index (χ1) is 18.7. The lowest BCUT2D eigenvalue weighted by molar-refractivity contribution is -0.391. The van der Waals surface area contributed by atoms with Crippen LogP contribution in [-0.4, -0.2) is 60.7 Å². The summed E-state index contributed by atoms with van der Waals surface area (Å²) in [5.41, 5.74) is 3.94. The van der Waals surface area contributed by atoms with Crippen molar-refractivity contribution in [3.05, 3.63) is 70.2 Å². The summed E-state index contributed by atoms with van der Waals surface area (Å²) < 4.78 is 24.9. The van der Waals surface area contributed by atoms with Crippen LogP contribution in [0.25, 0.3) is 16.7 Å². The zero-order valence-electron chi connectivity index (χ0n) is 20.9. The maximum absolute atomic E-state index is 11.8. The van der Waals surface area contributed by atoms with E-state index in [9.17, 15) is 18.5 Å². The lowest BCUT2D eigenvalue weighted by Crippen LogP contribution is -1.99. The van der Waals surface area contributed by atoms with Gasteiger partial charge in [-0.1, -0.05) is 21.4 Å². The fourth-order valence-corrected chi connectivity index (χ4v) is 7.26. The highest BCUT2D eigenvalue weighted by Crippen LogP contribution is 2.30. The Morgan fingerprint density at radius 3 is 2.69 bits per heavy atom. The molecule has 5 aromatic rings. The zero-order valence-corrected chi connectivity index (χ0v) is 24.2. The summed E-state index contributed by atoms with van der Waals surface area (Å²) in [5, 5.41) is 16.9. The largest absolute Gasteiger partial charge is 0.368 e. The van der Waals surface area contributed by atoms with Gasteiger partial charge in [0.05, 0.1) is 21.6 Å². The summed E-state index contributed by atoms with van der Waals surface area (Å²) in [6.45, 7) is 2.06. The van der Waals surface area contributed by atoms with Gasteiger partial charge in [0.2, 0.25) is 5.65 Å². The second kappa shape index (κ2) is 11.5. The number of nitro groups is 1. The third-order valence-corrected chi connectivity index (χ3v) is 10.0. The molecule has 0 atom stereocenters. The number of hydrogen-bond donors (Lipinski definition) is 1. The molecule has 4 aromatic heterocycles. The van der Waals surface area contributed by atoms with Crippen molar-refractivity contribution in [1.29, 1.82) is 0 Å². The third kappa shape index (κ3) is 6.37. The van der Waals surface area contributed by atoms with Crippen LogP contribution >= 0.6 is 35.3 Å². The molecule has 0 spiro atoms. The smallest absolute Gasteiger partial charge is 0.358 e. The van der Waals surface area contributed by atoms with Crippen LogP contribution in [0.1, 0.15) is 17.7 Å². The van der Waals surface area contributed by atoms with Crippen LogP contribution in [0, 0.1) is 17.0 Å². The Balaban J connectivity index is 1.14. The molecule has 15 heteroatoms. The first-order valence-corrected chi connectivity index (χ1v) is 16.6. The van der Waals surface area contributed by atoms with E-state index in [2.05, 4.69) is 32.0 Å². The van der Waals surface area contributed by atoms with Crippen molar-refractivity contribution in [2.24, 2.45) is 0 Å². The molecule has 0 aliphatic carbocycles. The molecule has 1 aromatic carbocycles. The minimum atomic E-state index is -3.29. The van der Waals surface area contributed by atoms with E-state index in [1.165, 1.54) is 33.6 Å². The molecule has 0 amide bonds. The van der Waals surface area contributed by atoms with E-state index >= 15 is 0 Å². The summed E-state index contributed by atoms with van der Waals surface area (Å²) in [7, 11) is -3.29. The van der Waals surface area contributed by atoms with Crippen LogP contribution in [0.4, 0.5) is 5.82 Å². The molecule has 4 heterocycles. The highest BCUT2D eigenvalue weighted by Gasteiger charge is 2.16. The van der Waals surface area contributed by atoms with Crippen molar-refractivity contribution in [3.63, 3.8) is 0 Å². The van der Waals surface area contributed by atoms with Gasteiger partial charge in [-0.15, -0.1) is 23.5 Å². The van der Waals surface area contributed by atoms with Crippen LogP contribution in [0.5, 0.6) is 0 Å². The molecule has 0 unspecified atom stereocenters. The fourth-order valence-electron chi connectivity index (χ4n) is 3.72. The van der Waals surface area contributed by atoms with Gasteiger partial charge < -0.3 is 15.1 Å². The van der Waals surface area contributed by atoms with E-state index in [0.717, 1.165) is 34.7 Å². The Kier molecular flexibility index (Phi) is 8.11. The molecule has 0 fully saturated rings. The van der Waals surface area contributed by atoms with Gasteiger partial charge in [-0.3, -0.25) is 4.98 Å².